The first-order valence-corrected chi connectivity index (χ1v) is 29.1. The molecule has 2 unspecified atom stereocenters. The summed E-state index contributed by atoms with van der Waals surface area (Å²) in [7, 11) is 0. The molecule has 7 nitrogen and oxygen atoms in total. The number of aromatic nitrogens is 7. The van der Waals surface area contributed by atoms with Gasteiger partial charge in [-0.25, -0.2) is 0 Å². The van der Waals surface area contributed by atoms with Crippen LogP contribution in [0.4, 0.5) is 0 Å². The summed E-state index contributed by atoms with van der Waals surface area (Å²) in [4.78, 5) is 18.1. The summed E-state index contributed by atoms with van der Waals surface area (Å²) in [6.45, 7) is 14.9. The van der Waals surface area contributed by atoms with Crippen LogP contribution >= 0.6 is 68.8 Å². The maximum Gasteiger partial charge on any atom is 0.132 e. The Bertz CT molecular complexity index is 2950. The highest BCUT2D eigenvalue weighted by atomic mass is 32.1. The number of hydrogen-bond acceptors (Lipinski definition) is 12. The monoisotopic (exact) mass is 977 g/mol. The first-order valence-electron chi connectivity index (χ1n) is 24.4. The fourth-order valence-electron chi connectivity index (χ4n) is 9.60. The third kappa shape index (κ3) is 9.93. The minimum Gasteiger partial charge on any atom is -0.339 e. The number of pyridine rings is 2. The average Bonchev–Trinajstić information content (AvgIpc) is 4.19. The SMILES string of the molecule is CCCCC(CC)Cc1ccc(-c2cnc(-c3cc4c(s3)c3sc(-c5ncc(-c6ccc(CC(CCCC)CCCC)s6)c6nsnc56)cc3n4CC(CC)CCCC)c3nsnc23)s1. The highest BCUT2D eigenvalue weighted by Gasteiger charge is 2.26. The Morgan fingerprint density at radius 2 is 0.908 bits per heavy atom. The second kappa shape index (κ2) is 21.7. The smallest absolute Gasteiger partial charge is 0.132 e. The van der Waals surface area contributed by atoms with Crippen LogP contribution in [0.15, 0.2) is 48.8 Å². The molecule has 0 radical (unpaired) electrons. The van der Waals surface area contributed by atoms with Crippen LogP contribution in [-0.4, -0.2) is 32.0 Å². The molecule has 0 bridgehead atoms. The molecule has 9 aromatic rings. The first kappa shape index (κ1) is 46.6. The molecule has 0 aliphatic rings. The van der Waals surface area contributed by atoms with Crippen molar-refractivity contribution in [3.8, 4) is 42.0 Å². The van der Waals surface area contributed by atoms with Crippen molar-refractivity contribution in [3.63, 3.8) is 0 Å². The lowest BCUT2D eigenvalue weighted by atomic mass is 9.92. The maximum absolute atomic E-state index is 5.22. The first-order chi connectivity index (χ1) is 31.9. The number of nitrogens with zero attached hydrogens (tertiary/aromatic N) is 7. The molecule has 0 N–H and O–H groups in total. The predicted molar refractivity (Wildman–Crippen MR) is 287 cm³/mol. The largest absolute Gasteiger partial charge is 0.339 e. The van der Waals surface area contributed by atoms with Crippen LogP contribution in [0.2, 0.25) is 0 Å². The highest BCUT2D eigenvalue weighted by Crippen LogP contribution is 2.48. The lowest BCUT2D eigenvalue weighted by Gasteiger charge is -2.16. The van der Waals surface area contributed by atoms with Crippen LogP contribution in [0.3, 0.4) is 0 Å². The maximum atomic E-state index is 5.22. The van der Waals surface area contributed by atoms with Gasteiger partial charge in [-0.3, -0.25) is 9.97 Å². The average molecular weight is 979 g/mol. The zero-order valence-electron chi connectivity index (χ0n) is 39.0. The second-order valence-electron chi connectivity index (χ2n) is 18.1. The van der Waals surface area contributed by atoms with Crippen LogP contribution < -0.4 is 0 Å². The van der Waals surface area contributed by atoms with Crippen molar-refractivity contribution in [2.45, 2.75) is 151 Å². The predicted octanol–water partition coefficient (Wildman–Crippen LogP) is 18.0. The van der Waals surface area contributed by atoms with E-state index in [9.17, 15) is 0 Å². The minimum atomic E-state index is 0.596. The fourth-order valence-corrected chi connectivity index (χ4v) is 15.5. The van der Waals surface area contributed by atoms with Crippen molar-refractivity contribution in [3.05, 3.63) is 58.5 Å². The third-order valence-corrected chi connectivity index (χ3v) is 19.3. The van der Waals surface area contributed by atoms with E-state index in [-0.39, 0.29) is 0 Å². The number of unbranched alkanes of at least 4 members (excludes halogenated alkanes) is 4. The van der Waals surface area contributed by atoms with Crippen molar-refractivity contribution in [1.82, 2.24) is 32.0 Å². The van der Waals surface area contributed by atoms with Gasteiger partial charge >= 0.3 is 0 Å². The van der Waals surface area contributed by atoms with E-state index in [1.165, 1.54) is 147 Å². The molecule has 65 heavy (non-hydrogen) atoms. The zero-order chi connectivity index (χ0) is 44.9. The van der Waals surface area contributed by atoms with E-state index in [1.807, 2.05) is 45.3 Å². The molecule has 13 heteroatoms. The summed E-state index contributed by atoms with van der Waals surface area (Å²) >= 11 is 10.1. The highest BCUT2D eigenvalue weighted by molar-refractivity contribution is 7.30. The van der Waals surface area contributed by atoms with Gasteiger partial charge in [0.25, 0.3) is 0 Å². The lowest BCUT2D eigenvalue weighted by Crippen LogP contribution is -2.09. The zero-order valence-corrected chi connectivity index (χ0v) is 43.9. The van der Waals surface area contributed by atoms with Gasteiger partial charge in [0.05, 0.1) is 53.6 Å². The Morgan fingerprint density at radius 3 is 1.37 bits per heavy atom. The van der Waals surface area contributed by atoms with E-state index < -0.39 is 0 Å². The molecular weight excluding hydrogens is 915 g/mol. The van der Waals surface area contributed by atoms with Crippen molar-refractivity contribution >= 4 is 111 Å². The number of fused-ring (bicyclic) bond motifs is 5. The van der Waals surface area contributed by atoms with Gasteiger partial charge in [-0.1, -0.05) is 125 Å². The van der Waals surface area contributed by atoms with E-state index in [2.05, 4.69) is 94.9 Å². The van der Waals surface area contributed by atoms with Crippen molar-refractivity contribution in [1.29, 1.82) is 0 Å². The normalized spacial score (nSPS) is 13.2. The summed E-state index contributed by atoms with van der Waals surface area (Å²) in [6.07, 6.45) is 24.2. The third-order valence-electron chi connectivity index (χ3n) is 13.6. The van der Waals surface area contributed by atoms with E-state index in [0.29, 0.717) is 5.92 Å². The van der Waals surface area contributed by atoms with Crippen molar-refractivity contribution in [2.75, 3.05) is 0 Å². The summed E-state index contributed by atoms with van der Waals surface area (Å²) < 4.78 is 24.8. The Balaban J connectivity index is 1.06. The molecule has 0 amide bonds. The van der Waals surface area contributed by atoms with E-state index >= 15 is 0 Å². The van der Waals surface area contributed by atoms with E-state index in [0.717, 1.165) is 92.0 Å². The van der Waals surface area contributed by atoms with Crippen LogP contribution in [0, 0.1) is 17.8 Å². The fraction of sp³-hybridized carbons (Fsp3) is 0.500. The van der Waals surface area contributed by atoms with Gasteiger partial charge < -0.3 is 4.57 Å². The summed E-state index contributed by atoms with van der Waals surface area (Å²) in [5.74, 6) is 2.09. The summed E-state index contributed by atoms with van der Waals surface area (Å²) in [5, 5.41) is 0. The van der Waals surface area contributed by atoms with Crippen molar-refractivity contribution in [2.24, 2.45) is 17.8 Å². The lowest BCUT2D eigenvalue weighted by molar-refractivity contribution is 0.401. The summed E-state index contributed by atoms with van der Waals surface area (Å²) in [5.41, 5.74) is 10.3. The molecule has 0 aliphatic carbocycles. The topological polar surface area (TPSA) is 82.3 Å². The Hall–Kier alpha value is -3.46. The molecule has 9 aromatic heterocycles. The second-order valence-corrected chi connectivity index (χ2v) is 23.6. The molecule has 9 rings (SSSR count). The van der Waals surface area contributed by atoms with Gasteiger partial charge in [-0.05, 0) is 73.4 Å². The Morgan fingerprint density at radius 1 is 0.477 bits per heavy atom. The van der Waals surface area contributed by atoms with Gasteiger partial charge in [0.15, 0.2) is 0 Å². The molecule has 2 atom stereocenters. The molecular formula is C52H63N7S6. The molecule has 0 spiro atoms. The van der Waals surface area contributed by atoms with E-state index in [1.54, 1.807) is 0 Å². The Kier molecular flexibility index (Phi) is 15.5. The van der Waals surface area contributed by atoms with Gasteiger partial charge in [-0.2, -0.15) is 17.5 Å². The number of thiophene rings is 4. The quantitative estimate of drug-likeness (QED) is 0.0600. The van der Waals surface area contributed by atoms with Crippen LogP contribution in [0.1, 0.15) is 141 Å². The molecule has 342 valence electrons. The molecule has 0 aromatic carbocycles. The standard InChI is InChI=1S/C52H63N7S6/c1-7-13-17-32(11-5)25-35-21-23-41(60-35)37-29-53-47(49-45(37)55-64-57-49)43-27-39-51(62-43)52-40(59(39)31-33(12-6)18-14-8-2)28-44(63-52)48-50-46(56-65-58-50)38(30-54-48)42-24-22-36(61-42)26-34(19-15-9-3)20-16-10-4/h21-24,27-30,32-34H,7-20,25-26,31H2,1-6H3. The molecule has 0 fully saturated rings. The van der Waals surface area contributed by atoms with Gasteiger partial charge in [0, 0.05) is 49.6 Å². The Labute approximate surface area is 409 Å². The van der Waals surface area contributed by atoms with E-state index in [4.69, 9.17) is 27.5 Å². The summed E-state index contributed by atoms with van der Waals surface area (Å²) in [6, 6.07) is 14.0. The molecule has 9 heterocycles. The van der Waals surface area contributed by atoms with Crippen LogP contribution in [0.25, 0.3) is 84.5 Å². The van der Waals surface area contributed by atoms with Crippen molar-refractivity contribution < 1.29 is 0 Å². The molecule has 0 saturated heterocycles. The van der Waals surface area contributed by atoms with Crippen LogP contribution in [0.5, 0.6) is 0 Å². The van der Waals surface area contributed by atoms with Gasteiger partial charge in [0.1, 0.15) is 33.5 Å². The van der Waals surface area contributed by atoms with Gasteiger partial charge in [0.2, 0.25) is 0 Å². The molecule has 0 aliphatic heterocycles. The minimum absolute atomic E-state index is 0.596. The van der Waals surface area contributed by atoms with Gasteiger partial charge in [-0.15, -0.1) is 45.3 Å². The number of rotatable bonds is 24. The van der Waals surface area contributed by atoms with Crippen LogP contribution in [-0.2, 0) is 19.4 Å². The molecule has 0 saturated carbocycles. The number of hydrogen-bond donors (Lipinski definition) is 0.